The molecule has 0 saturated carbocycles. The number of halogens is 2. The zero-order valence-corrected chi connectivity index (χ0v) is 14.2. The Morgan fingerprint density at radius 3 is 2.59 bits per heavy atom. The number of rotatable bonds is 5. The maximum atomic E-state index is 14.3. The van der Waals surface area contributed by atoms with Gasteiger partial charge in [-0.05, 0) is 36.2 Å². The molecule has 0 aliphatic rings. The Morgan fingerprint density at radius 2 is 1.86 bits per heavy atom. The minimum absolute atomic E-state index is 0.129. The van der Waals surface area contributed by atoms with Crippen LogP contribution in [0.1, 0.15) is 31.0 Å². The molecule has 0 aliphatic heterocycles. The van der Waals surface area contributed by atoms with Gasteiger partial charge < -0.3 is 4.57 Å². The van der Waals surface area contributed by atoms with Crippen molar-refractivity contribution in [3.8, 4) is 0 Å². The fraction of sp³-hybridized carbons (Fsp3) is 0.263. The van der Waals surface area contributed by atoms with Gasteiger partial charge >= 0.3 is 0 Å². The third-order valence-corrected chi connectivity index (χ3v) is 4.52. The number of fused-ring (bicyclic) bond motifs is 1. The molecule has 3 aromatic rings. The Kier molecular flexibility index (Phi) is 4.63. The van der Waals surface area contributed by atoms with Crippen LogP contribution in [0.2, 0.25) is 0 Å². The molecule has 1 nitrogen and oxygen atoms in total. The lowest BCUT2D eigenvalue weighted by molar-refractivity contribution is 0.597. The van der Waals surface area contributed by atoms with Crippen LogP contribution in [0.25, 0.3) is 10.9 Å². The molecule has 0 saturated heterocycles. The van der Waals surface area contributed by atoms with Crippen LogP contribution in [0.15, 0.2) is 53.0 Å². The third kappa shape index (κ3) is 3.09. The standard InChI is InChI=1S/C19H19BrFN/c1-2-3-11-22-17(12-14-7-9-16(20)10-8-14)13-15-5-4-6-18(21)19(15)22/h4-10,13H,2-3,11-12H2,1H3. The van der Waals surface area contributed by atoms with Crippen LogP contribution in [0, 0.1) is 5.82 Å². The highest BCUT2D eigenvalue weighted by molar-refractivity contribution is 9.10. The van der Waals surface area contributed by atoms with Crippen LogP contribution in [0.3, 0.4) is 0 Å². The van der Waals surface area contributed by atoms with E-state index in [1.165, 1.54) is 11.3 Å². The van der Waals surface area contributed by atoms with Crippen molar-refractivity contribution < 1.29 is 4.39 Å². The van der Waals surface area contributed by atoms with E-state index in [0.29, 0.717) is 0 Å². The molecular formula is C19H19BrFN. The van der Waals surface area contributed by atoms with Crippen LogP contribution in [-0.4, -0.2) is 4.57 Å². The molecule has 0 aliphatic carbocycles. The molecule has 1 aromatic heterocycles. The van der Waals surface area contributed by atoms with Gasteiger partial charge in [-0.3, -0.25) is 0 Å². The predicted octanol–water partition coefficient (Wildman–Crippen LogP) is 5.93. The van der Waals surface area contributed by atoms with E-state index in [4.69, 9.17) is 0 Å². The van der Waals surface area contributed by atoms with Crippen LogP contribution < -0.4 is 0 Å². The highest BCUT2D eigenvalue weighted by atomic mass is 79.9. The number of benzene rings is 2. The van der Waals surface area contributed by atoms with Crippen molar-refractivity contribution in [2.45, 2.75) is 32.7 Å². The zero-order chi connectivity index (χ0) is 15.5. The van der Waals surface area contributed by atoms with E-state index in [9.17, 15) is 4.39 Å². The molecule has 0 unspecified atom stereocenters. The zero-order valence-electron chi connectivity index (χ0n) is 12.7. The summed E-state index contributed by atoms with van der Waals surface area (Å²) in [6, 6.07) is 15.8. The van der Waals surface area contributed by atoms with Crippen molar-refractivity contribution >= 4 is 26.8 Å². The van der Waals surface area contributed by atoms with E-state index in [0.717, 1.165) is 41.2 Å². The average Bonchev–Trinajstić information content (AvgIpc) is 2.86. The van der Waals surface area contributed by atoms with Crippen molar-refractivity contribution in [2.24, 2.45) is 0 Å². The van der Waals surface area contributed by atoms with Gasteiger partial charge in [0.05, 0.1) is 5.52 Å². The predicted molar refractivity (Wildman–Crippen MR) is 93.8 cm³/mol. The summed E-state index contributed by atoms with van der Waals surface area (Å²) in [6.07, 6.45) is 2.99. The molecule has 3 rings (SSSR count). The van der Waals surface area contributed by atoms with E-state index in [1.807, 2.05) is 6.07 Å². The van der Waals surface area contributed by atoms with Crippen LogP contribution in [-0.2, 0) is 13.0 Å². The van der Waals surface area contributed by atoms with Gasteiger partial charge in [-0.15, -0.1) is 0 Å². The fourth-order valence-electron chi connectivity index (χ4n) is 2.86. The smallest absolute Gasteiger partial charge is 0.147 e. The Balaban J connectivity index is 2.03. The Morgan fingerprint density at radius 1 is 1.09 bits per heavy atom. The minimum Gasteiger partial charge on any atom is -0.342 e. The number of aromatic nitrogens is 1. The van der Waals surface area contributed by atoms with Crippen molar-refractivity contribution in [1.82, 2.24) is 4.57 Å². The molecule has 114 valence electrons. The van der Waals surface area contributed by atoms with E-state index in [1.54, 1.807) is 12.1 Å². The maximum Gasteiger partial charge on any atom is 0.147 e. The molecule has 0 atom stereocenters. The fourth-order valence-corrected chi connectivity index (χ4v) is 3.13. The highest BCUT2D eigenvalue weighted by Crippen LogP contribution is 2.25. The summed E-state index contributed by atoms with van der Waals surface area (Å²) in [5.74, 6) is -0.129. The first-order valence-corrected chi connectivity index (χ1v) is 8.49. The monoisotopic (exact) mass is 359 g/mol. The summed E-state index contributed by atoms with van der Waals surface area (Å²) in [5.41, 5.74) is 3.16. The molecule has 22 heavy (non-hydrogen) atoms. The molecule has 0 radical (unpaired) electrons. The first-order chi connectivity index (χ1) is 10.7. The van der Waals surface area contributed by atoms with Gasteiger partial charge in [0.2, 0.25) is 0 Å². The Bertz CT molecular complexity index is 774. The third-order valence-electron chi connectivity index (χ3n) is 3.99. The summed E-state index contributed by atoms with van der Waals surface area (Å²) in [4.78, 5) is 0. The molecule has 0 bridgehead atoms. The minimum atomic E-state index is -0.129. The molecule has 0 amide bonds. The molecule has 2 aromatic carbocycles. The largest absolute Gasteiger partial charge is 0.342 e. The van der Waals surface area contributed by atoms with Crippen molar-refractivity contribution in [2.75, 3.05) is 0 Å². The van der Waals surface area contributed by atoms with Gasteiger partial charge in [-0.2, -0.15) is 0 Å². The number of aryl methyl sites for hydroxylation is 1. The second-order valence-electron chi connectivity index (χ2n) is 5.62. The number of para-hydroxylation sites is 1. The maximum absolute atomic E-state index is 14.3. The van der Waals surface area contributed by atoms with Crippen LogP contribution >= 0.6 is 15.9 Å². The highest BCUT2D eigenvalue weighted by Gasteiger charge is 2.12. The van der Waals surface area contributed by atoms with E-state index < -0.39 is 0 Å². The van der Waals surface area contributed by atoms with Crippen LogP contribution in [0.5, 0.6) is 0 Å². The molecule has 0 fully saturated rings. The molecule has 0 spiro atoms. The van der Waals surface area contributed by atoms with Crippen LogP contribution in [0.4, 0.5) is 4.39 Å². The van der Waals surface area contributed by atoms with Gasteiger partial charge in [0.1, 0.15) is 5.82 Å². The van der Waals surface area contributed by atoms with E-state index in [2.05, 4.69) is 57.8 Å². The summed E-state index contributed by atoms with van der Waals surface area (Å²) in [5, 5.41) is 0.989. The lowest BCUT2D eigenvalue weighted by Crippen LogP contribution is -2.04. The van der Waals surface area contributed by atoms with E-state index in [-0.39, 0.29) is 5.82 Å². The van der Waals surface area contributed by atoms with Gasteiger partial charge in [0.15, 0.2) is 0 Å². The van der Waals surface area contributed by atoms with Gasteiger partial charge in [-0.25, -0.2) is 4.39 Å². The summed E-state index contributed by atoms with van der Waals surface area (Å²) in [7, 11) is 0. The summed E-state index contributed by atoms with van der Waals surface area (Å²) in [6.45, 7) is 3.03. The summed E-state index contributed by atoms with van der Waals surface area (Å²) < 4.78 is 17.5. The number of unbranched alkanes of at least 4 members (excludes halogenated alkanes) is 1. The first kappa shape index (κ1) is 15.3. The van der Waals surface area contributed by atoms with E-state index >= 15 is 0 Å². The molecular weight excluding hydrogens is 341 g/mol. The normalized spacial score (nSPS) is 11.2. The number of hydrogen-bond acceptors (Lipinski definition) is 0. The first-order valence-electron chi connectivity index (χ1n) is 7.70. The van der Waals surface area contributed by atoms with Gasteiger partial charge in [-0.1, -0.05) is 53.5 Å². The lowest BCUT2D eigenvalue weighted by atomic mass is 10.1. The van der Waals surface area contributed by atoms with Gasteiger partial charge in [0, 0.05) is 28.5 Å². The quantitative estimate of drug-likeness (QED) is 0.531. The lowest BCUT2D eigenvalue weighted by Gasteiger charge is -2.11. The second kappa shape index (κ2) is 6.66. The van der Waals surface area contributed by atoms with Crippen molar-refractivity contribution in [1.29, 1.82) is 0 Å². The van der Waals surface area contributed by atoms with Gasteiger partial charge in [0.25, 0.3) is 0 Å². The van der Waals surface area contributed by atoms with Crippen molar-refractivity contribution in [3.63, 3.8) is 0 Å². The Hall–Kier alpha value is -1.61. The molecule has 3 heteroatoms. The number of nitrogens with zero attached hydrogens (tertiary/aromatic N) is 1. The van der Waals surface area contributed by atoms with Crippen molar-refractivity contribution in [3.05, 3.63) is 70.1 Å². The topological polar surface area (TPSA) is 4.93 Å². The summed E-state index contributed by atoms with van der Waals surface area (Å²) >= 11 is 3.46. The SMILES string of the molecule is CCCCn1c(Cc2ccc(Br)cc2)cc2cccc(F)c21. The average molecular weight is 360 g/mol. The molecule has 1 heterocycles. The molecule has 0 N–H and O–H groups in total. The number of hydrogen-bond donors (Lipinski definition) is 0. The second-order valence-corrected chi connectivity index (χ2v) is 6.54. The Labute approximate surface area is 138 Å².